The van der Waals surface area contributed by atoms with Gasteiger partial charge in [0, 0.05) is 39.8 Å². The molecule has 0 saturated carbocycles. The highest BCUT2D eigenvalue weighted by molar-refractivity contribution is 5.81. The molecule has 0 aromatic carbocycles. The van der Waals surface area contributed by atoms with Crippen LogP contribution in [0.4, 0.5) is 0 Å². The third-order valence-electron chi connectivity index (χ3n) is 4.12. The summed E-state index contributed by atoms with van der Waals surface area (Å²) in [7, 11) is 1.64. The molecular weight excluding hydrogens is 268 g/mol. The monoisotopic (exact) mass is 300 g/mol. The molecule has 3 N–H and O–H groups in total. The number of unbranched alkanes of at least 4 members (excludes halogenated alkanes) is 2. The zero-order valence-electron chi connectivity index (χ0n) is 13.6. The van der Waals surface area contributed by atoms with Gasteiger partial charge in [-0.2, -0.15) is 0 Å². The van der Waals surface area contributed by atoms with E-state index in [0.29, 0.717) is 13.2 Å². The molecule has 6 nitrogen and oxygen atoms in total. The van der Waals surface area contributed by atoms with E-state index in [1.807, 2.05) is 6.92 Å². The van der Waals surface area contributed by atoms with Gasteiger partial charge in [-0.05, 0) is 32.9 Å². The van der Waals surface area contributed by atoms with Crippen molar-refractivity contribution in [1.82, 2.24) is 15.1 Å². The number of ether oxygens (including phenoxy) is 1. The zero-order chi connectivity index (χ0) is 15.5. The van der Waals surface area contributed by atoms with Gasteiger partial charge in [0.1, 0.15) is 0 Å². The number of amides is 1. The van der Waals surface area contributed by atoms with Gasteiger partial charge in [-0.3, -0.25) is 9.69 Å². The van der Waals surface area contributed by atoms with Crippen molar-refractivity contribution in [3.8, 4) is 0 Å². The molecular formula is C15H32N4O2. The Kier molecular flexibility index (Phi) is 9.58. The maximum absolute atomic E-state index is 12.0. The maximum atomic E-state index is 12.0. The smallest absolute Gasteiger partial charge is 0.237 e. The lowest BCUT2D eigenvalue weighted by atomic mass is 10.2. The van der Waals surface area contributed by atoms with E-state index in [9.17, 15) is 4.79 Å². The van der Waals surface area contributed by atoms with Crippen LogP contribution in [0.5, 0.6) is 0 Å². The van der Waals surface area contributed by atoms with E-state index >= 15 is 0 Å². The average molecular weight is 300 g/mol. The van der Waals surface area contributed by atoms with Gasteiger partial charge in [-0.25, -0.2) is 0 Å². The van der Waals surface area contributed by atoms with Gasteiger partial charge in [0.15, 0.2) is 0 Å². The molecule has 0 aromatic rings. The van der Waals surface area contributed by atoms with Crippen molar-refractivity contribution < 1.29 is 9.53 Å². The number of methoxy groups -OCH3 is 1. The van der Waals surface area contributed by atoms with E-state index in [-0.39, 0.29) is 11.9 Å². The lowest BCUT2D eigenvalue weighted by Gasteiger charge is -2.37. The maximum Gasteiger partial charge on any atom is 0.237 e. The van der Waals surface area contributed by atoms with Crippen molar-refractivity contribution in [3.63, 3.8) is 0 Å². The minimum absolute atomic E-state index is 0.0544. The Morgan fingerprint density at radius 3 is 2.57 bits per heavy atom. The van der Waals surface area contributed by atoms with E-state index in [2.05, 4.69) is 15.1 Å². The molecule has 1 aliphatic heterocycles. The van der Waals surface area contributed by atoms with Gasteiger partial charge in [0.2, 0.25) is 5.91 Å². The highest BCUT2D eigenvalue weighted by Crippen LogP contribution is 2.08. The Bertz CT molecular complexity index is 281. The van der Waals surface area contributed by atoms with Gasteiger partial charge in [0.25, 0.3) is 0 Å². The van der Waals surface area contributed by atoms with Gasteiger partial charge < -0.3 is 20.7 Å². The topological polar surface area (TPSA) is 70.8 Å². The second-order valence-electron chi connectivity index (χ2n) is 5.69. The molecule has 0 spiro atoms. The molecule has 0 radical (unpaired) electrons. The Morgan fingerprint density at radius 1 is 1.24 bits per heavy atom. The van der Waals surface area contributed by atoms with Gasteiger partial charge in [-0.1, -0.05) is 6.42 Å². The van der Waals surface area contributed by atoms with E-state index in [1.54, 1.807) is 7.11 Å². The van der Waals surface area contributed by atoms with Crippen molar-refractivity contribution in [3.05, 3.63) is 0 Å². The first kappa shape index (κ1) is 18.4. The van der Waals surface area contributed by atoms with Crippen LogP contribution in [0.3, 0.4) is 0 Å². The normalized spacial score (nSPS) is 18.6. The zero-order valence-corrected chi connectivity index (χ0v) is 13.6. The molecule has 1 unspecified atom stereocenters. The fraction of sp³-hybridized carbons (Fsp3) is 0.933. The predicted molar refractivity (Wildman–Crippen MR) is 85.3 cm³/mol. The molecule has 21 heavy (non-hydrogen) atoms. The number of carbonyl (C=O) groups is 1. The summed E-state index contributed by atoms with van der Waals surface area (Å²) in [6.07, 6.45) is 3.57. The van der Waals surface area contributed by atoms with Crippen LogP contribution in [0.25, 0.3) is 0 Å². The van der Waals surface area contributed by atoms with Crippen LogP contribution in [-0.4, -0.2) is 81.3 Å². The van der Waals surface area contributed by atoms with E-state index in [1.165, 1.54) is 12.8 Å². The predicted octanol–water partition coefficient (Wildman–Crippen LogP) is -0.116. The third kappa shape index (κ3) is 7.22. The summed E-state index contributed by atoms with van der Waals surface area (Å²) in [6, 6.07) is -0.0544. The van der Waals surface area contributed by atoms with Crippen molar-refractivity contribution >= 4 is 5.91 Å². The lowest BCUT2D eigenvalue weighted by Crippen LogP contribution is -2.54. The molecule has 1 amide bonds. The quantitative estimate of drug-likeness (QED) is 0.551. The van der Waals surface area contributed by atoms with E-state index < -0.39 is 0 Å². The molecule has 1 saturated heterocycles. The van der Waals surface area contributed by atoms with Gasteiger partial charge >= 0.3 is 0 Å². The Balaban J connectivity index is 2.17. The minimum atomic E-state index is -0.0544. The largest absolute Gasteiger partial charge is 0.383 e. The second-order valence-corrected chi connectivity index (χ2v) is 5.69. The lowest BCUT2D eigenvalue weighted by molar-refractivity contribution is -0.126. The molecule has 1 heterocycles. The summed E-state index contributed by atoms with van der Waals surface area (Å²) >= 11 is 0. The van der Waals surface area contributed by atoms with Crippen LogP contribution in [0.2, 0.25) is 0 Å². The van der Waals surface area contributed by atoms with Crippen LogP contribution in [-0.2, 0) is 9.53 Å². The van der Waals surface area contributed by atoms with Crippen molar-refractivity contribution in [2.24, 2.45) is 5.73 Å². The standard InChI is InChI=1S/C15H32N4O2/c1-14(15(20)17-7-13-21-2)19-11-9-18(10-12-19)8-5-3-4-6-16/h14H,3-13,16H2,1-2H3,(H,17,20). The molecule has 1 aliphatic rings. The summed E-state index contributed by atoms with van der Waals surface area (Å²) < 4.78 is 4.94. The van der Waals surface area contributed by atoms with Crippen LogP contribution < -0.4 is 11.1 Å². The summed E-state index contributed by atoms with van der Waals surface area (Å²) in [5.74, 6) is 0.100. The first-order valence-electron chi connectivity index (χ1n) is 8.12. The van der Waals surface area contributed by atoms with Crippen LogP contribution in [0, 0.1) is 0 Å². The van der Waals surface area contributed by atoms with E-state index in [4.69, 9.17) is 10.5 Å². The number of piperazine rings is 1. The molecule has 1 rings (SSSR count). The second kappa shape index (κ2) is 11.0. The summed E-state index contributed by atoms with van der Waals surface area (Å²) in [4.78, 5) is 16.8. The fourth-order valence-corrected chi connectivity index (χ4v) is 2.62. The van der Waals surface area contributed by atoms with Crippen molar-refractivity contribution in [2.75, 3.05) is 59.5 Å². The summed E-state index contributed by atoms with van der Waals surface area (Å²) in [6.45, 7) is 9.13. The summed E-state index contributed by atoms with van der Waals surface area (Å²) in [5.41, 5.74) is 5.51. The Labute approximate surface area is 129 Å². The number of nitrogens with one attached hydrogen (secondary N) is 1. The molecule has 0 aromatic heterocycles. The van der Waals surface area contributed by atoms with Crippen LogP contribution >= 0.6 is 0 Å². The van der Waals surface area contributed by atoms with Crippen molar-refractivity contribution in [2.45, 2.75) is 32.2 Å². The molecule has 1 atom stereocenters. The number of carbonyl (C=O) groups excluding carboxylic acids is 1. The molecule has 0 bridgehead atoms. The Morgan fingerprint density at radius 2 is 1.95 bits per heavy atom. The highest BCUT2D eigenvalue weighted by Gasteiger charge is 2.24. The fourth-order valence-electron chi connectivity index (χ4n) is 2.62. The molecule has 124 valence electrons. The number of nitrogens with two attached hydrogens (primary N) is 1. The minimum Gasteiger partial charge on any atom is -0.383 e. The number of rotatable bonds is 10. The first-order chi connectivity index (χ1) is 10.2. The molecule has 1 fully saturated rings. The summed E-state index contributed by atoms with van der Waals surface area (Å²) in [5, 5.41) is 2.91. The highest BCUT2D eigenvalue weighted by atomic mass is 16.5. The first-order valence-corrected chi connectivity index (χ1v) is 8.12. The third-order valence-corrected chi connectivity index (χ3v) is 4.12. The Hall–Kier alpha value is -0.690. The number of hydrogen-bond acceptors (Lipinski definition) is 5. The van der Waals surface area contributed by atoms with Gasteiger partial charge in [0.05, 0.1) is 12.6 Å². The van der Waals surface area contributed by atoms with Crippen LogP contribution in [0.15, 0.2) is 0 Å². The van der Waals surface area contributed by atoms with E-state index in [0.717, 1.165) is 45.7 Å². The molecule has 6 heteroatoms. The van der Waals surface area contributed by atoms with Gasteiger partial charge in [-0.15, -0.1) is 0 Å². The van der Waals surface area contributed by atoms with Crippen LogP contribution in [0.1, 0.15) is 26.2 Å². The van der Waals surface area contributed by atoms with Crippen molar-refractivity contribution in [1.29, 1.82) is 0 Å². The average Bonchev–Trinajstić information content (AvgIpc) is 2.51. The number of nitrogens with zero attached hydrogens (tertiary/aromatic N) is 2. The number of hydrogen-bond donors (Lipinski definition) is 2. The SMILES string of the molecule is COCCNC(=O)C(C)N1CCN(CCCCCN)CC1. The molecule has 0 aliphatic carbocycles.